The predicted octanol–water partition coefficient (Wildman–Crippen LogP) is 2.03. The maximum atomic E-state index is 13.0. The molecule has 2 aromatic rings. The van der Waals surface area contributed by atoms with E-state index in [9.17, 15) is 19.8 Å². The third-order valence-corrected chi connectivity index (χ3v) is 6.86. The molecule has 2 heterocycles. The van der Waals surface area contributed by atoms with E-state index in [0.29, 0.717) is 0 Å². The molecule has 0 spiro atoms. The highest BCUT2D eigenvalue weighted by atomic mass is 35.5. The summed E-state index contributed by atoms with van der Waals surface area (Å²) in [5.41, 5.74) is 10.2. The van der Waals surface area contributed by atoms with E-state index < -0.39 is 35.6 Å². The monoisotopic (exact) mass is 496 g/mol. The number of aliphatic hydroxyl groups is 2. The molecule has 182 valence electrons. The van der Waals surface area contributed by atoms with Crippen LogP contribution in [0.4, 0.5) is 0 Å². The first-order valence-electron chi connectivity index (χ1n) is 10.7. The van der Waals surface area contributed by atoms with Crippen molar-refractivity contribution in [1.82, 2.24) is 15.2 Å². The van der Waals surface area contributed by atoms with E-state index in [1.54, 1.807) is 16.8 Å². The lowest BCUT2D eigenvalue weighted by Gasteiger charge is -2.33. The number of rotatable bonds is 6. The molecule has 0 radical (unpaired) electrons. The van der Waals surface area contributed by atoms with Crippen molar-refractivity contribution in [2.45, 2.75) is 58.3 Å². The van der Waals surface area contributed by atoms with Gasteiger partial charge in [-0.25, -0.2) is 4.98 Å². The Morgan fingerprint density at radius 3 is 2.45 bits per heavy atom. The Hall–Kier alpha value is -2.04. The number of aliphatic hydroxyl groups excluding tert-OH is 2. The molecule has 1 aromatic carbocycles. The second-order valence-corrected chi connectivity index (χ2v) is 10.2. The lowest BCUT2D eigenvalue weighted by molar-refractivity contribution is -0.141. The molecule has 3 rings (SSSR count). The molecule has 1 fully saturated rings. The van der Waals surface area contributed by atoms with Gasteiger partial charge in [-0.2, -0.15) is 0 Å². The van der Waals surface area contributed by atoms with E-state index in [1.807, 2.05) is 52.0 Å². The van der Waals surface area contributed by atoms with E-state index >= 15 is 0 Å². The van der Waals surface area contributed by atoms with Gasteiger partial charge < -0.3 is 26.2 Å². The van der Waals surface area contributed by atoms with E-state index in [0.717, 1.165) is 21.7 Å². The Morgan fingerprint density at radius 2 is 1.94 bits per heavy atom. The molecular weight excluding hydrogens is 464 g/mol. The molecule has 0 saturated carbocycles. The van der Waals surface area contributed by atoms with Gasteiger partial charge in [-0.1, -0.05) is 45.0 Å². The Kier molecular flexibility index (Phi) is 9.01. The Labute approximate surface area is 204 Å². The summed E-state index contributed by atoms with van der Waals surface area (Å²) in [6, 6.07) is 5.32. The summed E-state index contributed by atoms with van der Waals surface area (Å²) in [5.74, 6) is -0.781. The van der Waals surface area contributed by atoms with E-state index in [2.05, 4.69) is 10.3 Å². The average Bonchev–Trinajstić information content (AvgIpc) is 3.35. The number of aromatic nitrogens is 1. The molecule has 0 aliphatic carbocycles. The van der Waals surface area contributed by atoms with Crippen molar-refractivity contribution in [2.75, 3.05) is 13.2 Å². The minimum Gasteiger partial charge on any atom is -0.394 e. The van der Waals surface area contributed by atoms with Gasteiger partial charge in [0.05, 0.1) is 40.9 Å². The van der Waals surface area contributed by atoms with Crippen molar-refractivity contribution in [1.29, 1.82) is 0 Å². The summed E-state index contributed by atoms with van der Waals surface area (Å²) in [4.78, 5) is 32.7. The second-order valence-electron chi connectivity index (χ2n) is 9.37. The fraction of sp³-hybridized carbons (Fsp3) is 0.522. The van der Waals surface area contributed by atoms with Gasteiger partial charge in [0.25, 0.3) is 0 Å². The highest BCUT2D eigenvalue weighted by Gasteiger charge is 2.43. The lowest BCUT2D eigenvalue weighted by Crippen LogP contribution is -2.55. The molecule has 8 nitrogen and oxygen atoms in total. The van der Waals surface area contributed by atoms with E-state index in [4.69, 9.17) is 5.73 Å². The number of likely N-dealkylation sites (tertiary alicyclic amines) is 1. The van der Waals surface area contributed by atoms with Crippen molar-refractivity contribution in [3.8, 4) is 10.4 Å². The number of thiazole rings is 1. The van der Waals surface area contributed by atoms with Crippen LogP contribution in [0.3, 0.4) is 0 Å². The molecule has 1 aromatic heterocycles. The zero-order chi connectivity index (χ0) is 23.6. The number of aryl methyl sites for hydroxylation is 1. The fourth-order valence-electron chi connectivity index (χ4n) is 3.80. The molecule has 5 N–H and O–H groups in total. The van der Waals surface area contributed by atoms with Crippen LogP contribution in [-0.2, 0) is 9.59 Å². The highest BCUT2D eigenvalue weighted by molar-refractivity contribution is 7.13. The second kappa shape index (κ2) is 10.9. The molecule has 10 heteroatoms. The molecule has 33 heavy (non-hydrogen) atoms. The number of carbonyl (C=O) groups is 2. The number of hydrogen-bond donors (Lipinski definition) is 4. The summed E-state index contributed by atoms with van der Waals surface area (Å²) in [5, 5.41) is 22.9. The highest BCUT2D eigenvalue weighted by Crippen LogP contribution is 2.29. The zero-order valence-corrected chi connectivity index (χ0v) is 20.9. The maximum Gasteiger partial charge on any atom is 0.243 e. The number of carbonyl (C=O) groups excluding carboxylic acids is 2. The number of nitrogens with two attached hydrogens (primary N) is 1. The fourth-order valence-corrected chi connectivity index (χ4v) is 4.61. The van der Waals surface area contributed by atoms with E-state index in [-0.39, 0.29) is 37.9 Å². The summed E-state index contributed by atoms with van der Waals surface area (Å²) in [6.07, 6.45) is -0.660. The topological polar surface area (TPSA) is 129 Å². The molecule has 2 amide bonds. The number of benzene rings is 1. The maximum absolute atomic E-state index is 13.0. The summed E-state index contributed by atoms with van der Waals surface area (Å²) >= 11 is 1.56. The van der Waals surface area contributed by atoms with Crippen molar-refractivity contribution >= 4 is 35.6 Å². The molecule has 1 unspecified atom stereocenters. The SMILES string of the molecule is Cc1ncsc1-c1ccc([C@H](CO)NC(=O)[C@@H]2C[C@@H](O)CN2C(=O)C(N)C(C)(C)C)cc1.Cl. The first-order chi connectivity index (χ1) is 15.0. The average molecular weight is 497 g/mol. The van der Waals surface area contributed by atoms with Crippen molar-refractivity contribution in [3.05, 3.63) is 41.0 Å². The van der Waals surface area contributed by atoms with Gasteiger partial charge in [0.2, 0.25) is 11.8 Å². The Balaban J connectivity index is 0.00000385. The van der Waals surface area contributed by atoms with Crippen LogP contribution in [0.25, 0.3) is 10.4 Å². The van der Waals surface area contributed by atoms with Crippen LogP contribution >= 0.6 is 23.7 Å². The molecular formula is C23H33ClN4O4S. The molecule has 1 aliphatic heterocycles. The molecule has 0 bridgehead atoms. The standard InChI is InChI=1S/C23H32N4O4S.ClH/c1-13-19(32-12-25-13)15-7-5-14(6-8-15)17(11-28)26-21(30)18-9-16(29)10-27(18)22(31)20(24)23(2,3)4;/h5-8,12,16-18,20,28-29H,9-11,24H2,1-4H3,(H,26,30);1H/t16-,17+,18+,20?;/m1./s1. The van der Waals surface area contributed by atoms with Crippen LogP contribution in [0.1, 0.15) is 44.5 Å². The quantitative estimate of drug-likeness (QED) is 0.484. The van der Waals surface area contributed by atoms with Gasteiger partial charge in [-0.05, 0) is 23.5 Å². The summed E-state index contributed by atoms with van der Waals surface area (Å²) in [6.45, 7) is 7.29. The predicted molar refractivity (Wildman–Crippen MR) is 131 cm³/mol. The van der Waals surface area contributed by atoms with Crippen LogP contribution in [0, 0.1) is 12.3 Å². The Bertz CT molecular complexity index is 960. The van der Waals surface area contributed by atoms with Crippen LogP contribution in [0.15, 0.2) is 29.8 Å². The van der Waals surface area contributed by atoms with Crippen molar-refractivity contribution in [2.24, 2.45) is 11.1 Å². The minimum atomic E-state index is -0.834. The van der Waals surface area contributed by atoms with Crippen molar-refractivity contribution in [3.63, 3.8) is 0 Å². The van der Waals surface area contributed by atoms with Crippen LogP contribution in [0.5, 0.6) is 0 Å². The zero-order valence-electron chi connectivity index (χ0n) is 19.3. The molecule has 4 atom stereocenters. The first kappa shape index (κ1) is 27.2. The summed E-state index contributed by atoms with van der Waals surface area (Å²) in [7, 11) is 0. The smallest absolute Gasteiger partial charge is 0.243 e. The van der Waals surface area contributed by atoms with Crippen LogP contribution in [0.2, 0.25) is 0 Å². The summed E-state index contributed by atoms with van der Waals surface area (Å²) < 4.78 is 0. The Morgan fingerprint density at radius 1 is 1.30 bits per heavy atom. The number of nitrogens with zero attached hydrogens (tertiary/aromatic N) is 2. The normalized spacial score (nSPS) is 20.2. The van der Waals surface area contributed by atoms with Gasteiger partial charge in [0, 0.05) is 13.0 Å². The van der Waals surface area contributed by atoms with Gasteiger partial charge in [-0.3, -0.25) is 9.59 Å². The number of hydrogen-bond acceptors (Lipinski definition) is 7. The number of halogens is 1. The van der Waals surface area contributed by atoms with Gasteiger partial charge in [0.15, 0.2) is 0 Å². The van der Waals surface area contributed by atoms with Crippen LogP contribution in [-0.4, -0.2) is 63.3 Å². The lowest BCUT2D eigenvalue weighted by atomic mass is 9.86. The first-order valence-corrected chi connectivity index (χ1v) is 11.6. The minimum absolute atomic E-state index is 0. The van der Waals surface area contributed by atoms with Gasteiger partial charge >= 0.3 is 0 Å². The number of nitrogens with one attached hydrogen (secondary N) is 1. The largest absolute Gasteiger partial charge is 0.394 e. The van der Waals surface area contributed by atoms with Gasteiger partial charge in [0.1, 0.15) is 6.04 Å². The number of amides is 2. The van der Waals surface area contributed by atoms with Crippen LogP contribution < -0.4 is 11.1 Å². The third-order valence-electron chi connectivity index (χ3n) is 5.88. The van der Waals surface area contributed by atoms with E-state index in [1.165, 1.54) is 4.90 Å². The molecule has 1 aliphatic rings. The molecule has 1 saturated heterocycles. The van der Waals surface area contributed by atoms with Gasteiger partial charge in [-0.15, -0.1) is 23.7 Å². The third kappa shape index (κ3) is 6.10. The van der Waals surface area contributed by atoms with Crippen molar-refractivity contribution < 1.29 is 19.8 Å². The number of β-amino-alcohol motifs (C(OH)–C–C–N with tert-alkyl or cyclic N) is 1.